The summed E-state index contributed by atoms with van der Waals surface area (Å²) < 4.78 is 0.496. The SMILES string of the molecule is Cc1ccc(-c2nnc(Cl)s2)s1. The van der Waals surface area contributed by atoms with Crippen LogP contribution in [0.3, 0.4) is 0 Å². The predicted molar refractivity (Wildman–Crippen MR) is 53.0 cm³/mol. The van der Waals surface area contributed by atoms with Crippen LogP contribution in [0.25, 0.3) is 9.88 Å². The number of thiophene rings is 1. The van der Waals surface area contributed by atoms with Gasteiger partial charge in [0.15, 0.2) is 5.01 Å². The molecule has 0 aromatic carbocycles. The lowest BCUT2D eigenvalue weighted by molar-refractivity contribution is 1.10. The van der Waals surface area contributed by atoms with Crippen LogP contribution in [0.1, 0.15) is 4.88 Å². The minimum atomic E-state index is 0.496. The van der Waals surface area contributed by atoms with E-state index in [2.05, 4.69) is 23.2 Å². The maximum atomic E-state index is 5.67. The predicted octanol–water partition coefficient (Wildman–Crippen LogP) is 3.23. The Kier molecular flexibility index (Phi) is 2.12. The van der Waals surface area contributed by atoms with Crippen LogP contribution in [0.15, 0.2) is 12.1 Å². The van der Waals surface area contributed by atoms with Gasteiger partial charge >= 0.3 is 0 Å². The summed E-state index contributed by atoms with van der Waals surface area (Å²) in [6, 6.07) is 4.10. The van der Waals surface area contributed by atoms with Gasteiger partial charge in [-0.3, -0.25) is 0 Å². The van der Waals surface area contributed by atoms with E-state index in [0.29, 0.717) is 4.47 Å². The molecular formula is C7H5ClN2S2. The Morgan fingerprint density at radius 2 is 2.08 bits per heavy atom. The van der Waals surface area contributed by atoms with Gasteiger partial charge in [-0.1, -0.05) is 11.3 Å². The lowest BCUT2D eigenvalue weighted by Gasteiger charge is -1.83. The van der Waals surface area contributed by atoms with E-state index in [9.17, 15) is 0 Å². The molecule has 2 heterocycles. The van der Waals surface area contributed by atoms with E-state index < -0.39 is 0 Å². The molecule has 2 aromatic heterocycles. The first-order valence-corrected chi connectivity index (χ1v) is 5.32. The van der Waals surface area contributed by atoms with Crippen LogP contribution in [-0.2, 0) is 0 Å². The number of aromatic nitrogens is 2. The minimum Gasteiger partial charge on any atom is -0.138 e. The molecule has 0 spiro atoms. The zero-order valence-electron chi connectivity index (χ0n) is 6.24. The molecule has 12 heavy (non-hydrogen) atoms. The van der Waals surface area contributed by atoms with Gasteiger partial charge in [0.2, 0.25) is 4.47 Å². The maximum Gasteiger partial charge on any atom is 0.207 e. The summed E-state index contributed by atoms with van der Waals surface area (Å²) in [5.74, 6) is 0. The number of nitrogens with zero attached hydrogens (tertiary/aromatic N) is 2. The van der Waals surface area contributed by atoms with Gasteiger partial charge in [0.1, 0.15) is 0 Å². The fourth-order valence-corrected chi connectivity index (χ4v) is 2.60. The molecule has 0 fully saturated rings. The van der Waals surface area contributed by atoms with E-state index in [-0.39, 0.29) is 0 Å². The highest BCUT2D eigenvalue weighted by molar-refractivity contribution is 7.23. The number of hydrogen-bond donors (Lipinski definition) is 0. The Morgan fingerprint density at radius 1 is 1.25 bits per heavy atom. The molecule has 0 saturated carbocycles. The minimum absolute atomic E-state index is 0.496. The highest BCUT2D eigenvalue weighted by atomic mass is 35.5. The van der Waals surface area contributed by atoms with E-state index in [1.165, 1.54) is 16.2 Å². The highest BCUT2D eigenvalue weighted by Gasteiger charge is 2.06. The van der Waals surface area contributed by atoms with Gasteiger partial charge in [0, 0.05) is 4.88 Å². The average Bonchev–Trinajstić information content (AvgIpc) is 2.58. The number of rotatable bonds is 1. The molecular weight excluding hydrogens is 212 g/mol. The Labute approximate surface area is 82.8 Å². The molecule has 5 heteroatoms. The fourth-order valence-electron chi connectivity index (χ4n) is 0.854. The summed E-state index contributed by atoms with van der Waals surface area (Å²) in [4.78, 5) is 2.41. The number of hydrogen-bond acceptors (Lipinski definition) is 4. The lowest BCUT2D eigenvalue weighted by Crippen LogP contribution is -1.68. The third-order valence-corrected chi connectivity index (χ3v) is 3.54. The second-order valence-electron chi connectivity index (χ2n) is 2.27. The first-order chi connectivity index (χ1) is 5.75. The van der Waals surface area contributed by atoms with E-state index >= 15 is 0 Å². The molecule has 0 unspecified atom stereocenters. The van der Waals surface area contributed by atoms with Gasteiger partial charge in [0.05, 0.1) is 4.88 Å². The normalized spacial score (nSPS) is 10.5. The fraction of sp³-hybridized carbons (Fsp3) is 0.143. The topological polar surface area (TPSA) is 25.8 Å². The van der Waals surface area contributed by atoms with E-state index in [4.69, 9.17) is 11.6 Å². The summed E-state index contributed by atoms with van der Waals surface area (Å²) in [6.45, 7) is 2.07. The summed E-state index contributed by atoms with van der Waals surface area (Å²) >= 11 is 8.78. The number of halogens is 1. The third-order valence-electron chi connectivity index (χ3n) is 1.35. The van der Waals surface area contributed by atoms with Gasteiger partial charge < -0.3 is 0 Å². The zero-order chi connectivity index (χ0) is 8.55. The van der Waals surface area contributed by atoms with Gasteiger partial charge in [-0.05, 0) is 30.7 Å². The van der Waals surface area contributed by atoms with Crippen molar-refractivity contribution in [2.45, 2.75) is 6.92 Å². The summed E-state index contributed by atoms with van der Waals surface area (Å²) in [7, 11) is 0. The molecule has 2 rings (SSSR count). The van der Waals surface area contributed by atoms with Crippen molar-refractivity contribution in [3.05, 3.63) is 21.5 Å². The molecule has 2 aromatic rings. The van der Waals surface area contributed by atoms with Crippen LogP contribution in [0.5, 0.6) is 0 Å². The summed E-state index contributed by atoms with van der Waals surface area (Å²) in [5.41, 5.74) is 0. The van der Waals surface area contributed by atoms with E-state index in [1.54, 1.807) is 11.3 Å². The molecule has 0 radical (unpaired) electrons. The van der Waals surface area contributed by atoms with Gasteiger partial charge in [-0.25, -0.2) is 0 Å². The molecule has 0 aliphatic heterocycles. The largest absolute Gasteiger partial charge is 0.207 e. The van der Waals surface area contributed by atoms with Crippen molar-refractivity contribution in [2.24, 2.45) is 0 Å². The van der Waals surface area contributed by atoms with Gasteiger partial charge in [-0.15, -0.1) is 21.5 Å². The summed E-state index contributed by atoms with van der Waals surface area (Å²) in [5, 5.41) is 8.59. The smallest absolute Gasteiger partial charge is 0.138 e. The van der Waals surface area contributed by atoms with Crippen molar-refractivity contribution in [1.29, 1.82) is 0 Å². The van der Waals surface area contributed by atoms with E-state index in [0.717, 1.165) is 9.88 Å². The van der Waals surface area contributed by atoms with Crippen molar-refractivity contribution < 1.29 is 0 Å². The second-order valence-corrected chi connectivity index (χ2v) is 5.12. The highest BCUT2D eigenvalue weighted by Crippen LogP contribution is 2.31. The van der Waals surface area contributed by atoms with Gasteiger partial charge in [-0.2, -0.15) is 0 Å². The van der Waals surface area contributed by atoms with Crippen molar-refractivity contribution >= 4 is 34.3 Å². The van der Waals surface area contributed by atoms with Crippen LogP contribution >= 0.6 is 34.3 Å². The zero-order valence-corrected chi connectivity index (χ0v) is 8.63. The second kappa shape index (κ2) is 3.12. The first-order valence-electron chi connectivity index (χ1n) is 3.31. The molecule has 0 aliphatic rings. The van der Waals surface area contributed by atoms with Crippen molar-refractivity contribution in [3.8, 4) is 9.88 Å². The molecule has 0 aliphatic carbocycles. The quantitative estimate of drug-likeness (QED) is 0.732. The molecule has 0 saturated heterocycles. The first kappa shape index (κ1) is 8.16. The molecule has 0 N–H and O–H groups in total. The van der Waals surface area contributed by atoms with Crippen molar-refractivity contribution in [1.82, 2.24) is 10.2 Å². The average molecular weight is 217 g/mol. The third kappa shape index (κ3) is 1.50. The number of aryl methyl sites for hydroxylation is 1. The molecule has 0 atom stereocenters. The van der Waals surface area contributed by atoms with E-state index in [1.807, 2.05) is 6.07 Å². The standard InChI is InChI=1S/C7H5ClN2S2/c1-4-2-3-5(11-4)6-9-10-7(8)12-6/h2-3H,1H3. The Hall–Kier alpha value is -0.450. The van der Waals surface area contributed by atoms with Crippen LogP contribution in [0.2, 0.25) is 4.47 Å². The van der Waals surface area contributed by atoms with Gasteiger partial charge in [0.25, 0.3) is 0 Å². The molecule has 0 amide bonds. The van der Waals surface area contributed by atoms with Crippen LogP contribution in [0.4, 0.5) is 0 Å². The molecule has 62 valence electrons. The van der Waals surface area contributed by atoms with Crippen LogP contribution < -0.4 is 0 Å². The molecule has 0 bridgehead atoms. The monoisotopic (exact) mass is 216 g/mol. The van der Waals surface area contributed by atoms with Crippen molar-refractivity contribution in [3.63, 3.8) is 0 Å². The summed E-state index contributed by atoms with van der Waals surface area (Å²) in [6.07, 6.45) is 0. The maximum absolute atomic E-state index is 5.67. The van der Waals surface area contributed by atoms with Crippen molar-refractivity contribution in [2.75, 3.05) is 0 Å². The van der Waals surface area contributed by atoms with Crippen LogP contribution in [-0.4, -0.2) is 10.2 Å². The molecule has 2 nitrogen and oxygen atoms in total. The Balaban J connectivity index is 2.43. The Morgan fingerprint density at radius 3 is 2.58 bits per heavy atom. The Bertz CT molecular complexity index is 355. The lowest BCUT2D eigenvalue weighted by atomic mass is 10.4. The van der Waals surface area contributed by atoms with Crippen LogP contribution in [0, 0.1) is 6.92 Å².